The standard InChI is InChI=1S/C13H9Br2F3N2O3S/c1-5-10(24-12(19-5)22-2)11(21)20-9-7(14)3-6(4-8(9)15)23-13(16,17)18/h3-4H,1-2H3,(H,20,21). The lowest BCUT2D eigenvalue weighted by Gasteiger charge is -2.13. The number of thiazole rings is 1. The number of aryl methyl sites for hydroxylation is 1. The Bertz CT molecular complexity index is 757. The van der Waals surface area contributed by atoms with Gasteiger partial charge >= 0.3 is 6.36 Å². The van der Waals surface area contributed by atoms with Crippen molar-refractivity contribution in [2.45, 2.75) is 13.3 Å². The molecule has 130 valence electrons. The van der Waals surface area contributed by atoms with E-state index in [4.69, 9.17) is 4.74 Å². The van der Waals surface area contributed by atoms with Crippen molar-refractivity contribution < 1.29 is 27.4 Å². The van der Waals surface area contributed by atoms with Gasteiger partial charge < -0.3 is 14.8 Å². The minimum absolute atomic E-state index is 0.221. The molecule has 1 heterocycles. The average Bonchev–Trinajstić information content (AvgIpc) is 2.82. The van der Waals surface area contributed by atoms with Crippen molar-refractivity contribution >= 4 is 54.8 Å². The lowest BCUT2D eigenvalue weighted by Crippen LogP contribution is -2.17. The summed E-state index contributed by atoms with van der Waals surface area (Å²) in [6.45, 7) is 1.65. The normalized spacial score (nSPS) is 11.3. The molecule has 0 radical (unpaired) electrons. The lowest BCUT2D eigenvalue weighted by atomic mass is 10.3. The Hall–Kier alpha value is -1.33. The number of methoxy groups -OCH3 is 1. The van der Waals surface area contributed by atoms with E-state index in [1.165, 1.54) is 7.11 Å². The number of benzene rings is 1. The van der Waals surface area contributed by atoms with Crippen LogP contribution in [0.15, 0.2) is 21.1 Å². The van der Waals surface area contributed by atoms with E-state index in [1.54, 1.807) is 6.92 Å². The second-order valence-electron chi connectivity index (χ2n) is 4.36. The Balaban J connectivity index is 2.26. The molecule has 1 aromatic heterocycles. The summed E-state index contributed by atoms with van der Waals surface area (Å²) in [6.07, 6.45) is -4.81. The summed E-state index contributed by atoms with van der Waals surface area (Å²) in [6, 6.07) is 2.21. The van der Waals surface area contributed by atoms with E-state index in [0.717, 1.165) is 23.5 Å². The molecular weight excluding hydrogens is 481 g/mol. The molecule has 0 unspecified atom stereocenters. The first-order chi connectivity index (χ1) is 11.1. The number of rotatable bonds is 4. The smallest absolute Gasteiger partial charge is 0.473 e. The third-order valence-corrected chi connectivity index (χ3v) is 5.01. The molecule has 0 saturated heterocycles. The van der Waals surface area contributed by atoms with Gasteiger partial charge in [0.1, 0.15) is 10.6 Å². The molecule has 2 rings (SSSR count). The number of carbonyl (C=O) groups excluding carboxylic acids is 1. The molecule has 0 aliphatic heterocycles. The number of aromatic nitrogens is 1. The van der Waals surface area contributed by atoms with Gasteiger partial charge in [0.15, 0.2) is 0 Å². The Labute approximate surface area is 155 Å². The minimum atomic E-state index is -4.81. The fraction of sp³-hybridized carbons (Fsp3) is 0.231. The van der Waals surface area contributed by atoms with Crippen molar-refractivity contribution in [3.05, 3.63) is 31.6 Å². The van der Waals surface area contributed by atoms with Gasteiger partial charge in [-0.3, -0.25) is 4.79 Å². The predicted octanol–water partition coefficient (Wildman–Crippen LogP) is 5.14. The van der Waals surface area contributed by atoms with Crippen LogP contribution in [0, 0.1) is 6.92 Å². The van der Waals surface area contributed by atoms with Crippen molar-refractivity contribution in [3.8, 4) is 10.9 Å². The molecule has 0 saturated carbocycles. The van der Waals surface area contributed by atoms with Crippen molar-refractivity contribution in [1.29, 1.82) is 0 Å². The zero-order valence-corrected chi connectivity index (χ0v) is 16.1. The summed E-state index contributed by atoms with van der Waals surface area (Å²) in [5, 5.41) is 2.95. The monoisotopic (exact) mass is 488 g/mol. The van der Waals surface area contributed by atoms with Crippen LogP contribution in [-0.4, -0.2) is 24.4 Å². The number of halogens is 5. The highest BCUT2D eigenvalue weighted by Gasteiger charge is 2.31. The molecule has 2 aromatic rings. The number of hydrogen-bond acceptors (Lipinski definition) is 5. The molecule has 1 N–H and O–H groups in total. The molecule has 0 aliphatic carbocycles. The quantitative estimate of drug-likeness (QED) is 0.646. The van der Waals surface area contributed by atoms with E-state index < -0.39 is 18.0 Å². The van der Waals surface area contributed by atoms with Gasteiger partial charge in [-0.05, 0) is 50.9 Å². The molecule has 0 aliphatic rings. The van der Waals surface area contributed by atoms with Gasteiger partial charge in [-0.15, -0.1) is 13.2 Å². The highest BCUT2D eigenvalue weighted by atomic mass is 79.9. The first kappa shape index (κ1) is 19.0. The van der Waals surface area contributed by atoms with Crippen LogP contribution in [-0.2, 0) is 0 Å². The number of amides is 1. The van der Waals surface area contributed by atoms with Crippen molar-refractivity contribution in [2.24, 2.45) is 0 Å². The SMILES string of the molecule is COc1nc(C)c(C(=O)Nc2c(Br)cc(OC(F)(F)F)cc2Br)s1. The van der Waals surface area contributed by atoms with E-state index in [-0.39, 0.29) is 14.6 Å². The van der Waals surface area contributed by atoms with Crippen molar-refractivity contribution in [3.63, 3.8) is 0 Å². The van der Waals surface area contributed by atoms with Crippen LogP contribution >= 0.6 is 43.2 Å². The summed E-state index contributed by atoms with van der Waals surface area (Å²) in [5.74, 6) is -0.880. The third-order valence-electron chi connectivity index (χ3n) is 2.65. The van der Waals surface area contributed by atoms with Gasteiger partial charge in [0.2, 0.25) is 0 Å². The number of ether oxygens (including phenoxy) is 2. The molecule has 1 amide bonds. The van der Waals surface area contributed by atoms with Crippen LogP contribution in [0.3, 0.4) is 0 Å². The summed E-state index contributed by atoms with van der Waals surface area (Å²) in [4.78, 5) is 16.7. The highest BCUT2D eigenvalue weighted by molar-refractivity contribution is 9.11. The van der Waals surface area contributed by atoms with Crippen LogP contribution < -0.4 is 14.8 Å². The maximum absolute atomic E-state index is 12.3. The Morgan fingerprint density at radius 1 is 1.29 bits per heavy atom. The highest BCUT2D eigenvalue weighted by Crippen LogP contribution is 2.37. The number of nitrogens with zero attached hydrogens (tertiary/aromatic N) is 1. The zero-order chi connectivity index (χ0) is 18.1. The lowest BCUT2D eigenvalue weighted by molar-refractivity contribution is -0.274. The maximum Gasteiger partial charge on any atom is 0.573 e. The first-order valence-corrected chi connectivity index (χ1v) is 8.58. The minimum Gasteiger partial charge on any atom is -0.473 e. The summed E-state index contributed by atoms with van der Waals surface area (Å²) in [7, 11) is 1.44. The first-order valence-electron chi connectivity index (χ1n) is 6.18. The number of hydrogen-bond donors (Lipinski definition) is 1. The second kappa shape index (κ2) is 7.28. The van der Waals surface area contributed by atoms with E-state index >= 15 is 0 Å². The van der Waals surface area contributed by atoms with Gasteiger partial charge in [0.05, 0.1) is 18.5 Å². The van der Waals surface area contributed by atoms with Crippen LogP contribution in [0.4, 0.5) is 18.9 Å². The van der Waals surface area contributed by atoms with Crippen molar-refractivity contribution in [2.75, 3.05) is 12.4 Å². The van der Waals surface area contributed by atoms with E-state index in [1.807, 2.05) is 0 Å². The molecule has 0 atom stereocenters. The average molecular weight is 490 g/mol. The Kier molecular flexibility index (Phi) is 5.76. The Morgan fingerprint density at radius 2 is 1.88 bits per heavy atom. The summed E-state index contributed by atoms with van der Waals surface area (Å²) >= 11 is 7.29. The van der Waals surface area contributed by atoms with Gasteiger partial charge in [0.25, 0.3) is 11.1 Å². The molecular formula is C13H9Br2F3N2O3S. The van der Waals surface area contributed by atoms with E-state index in [0.29, 0.717) is 15.8 Å². The van der Waals surface area contributed by atoms with Crippen LogP contribution in [0.2, 0.25) is 0 Å². The molecule has 24 heavy (non-hydrogen) atoms. The van der Waals surface area contributed by atoms with Crippen LogP contribution in [0.1, 0.15) is 15.4 Å². The number of alkyl halides is 3. The summed E-state index contributed by atoms with van der Waals surface area (Å²) in [5.41, 5.74) is 0.750. The fourth-order valence-corrected chi connectivity index (χ4v) is 3.82. The maximum atomic E-state index is 12.3. The number of nitrogens with one attached hydrogen (secondary N) is 1. The topological polar surface area (TPSA) is 60.5 Å². The van der Waals surface area contributed by atoms with Gasteiger partial charge in [-0.25, -0.2) is 4.98 Å². The number of carbonyl (C=O) groups is 1. The van der Waals surface area contributed by atoms with Crippen LogP contribution in [0.5, 0.6) is 10.9 Å². The van der Waals surface area contributed by atoms with Gasteiger partial charge in [0, 0.05) is 8.95 Å². The molecule has 1 aromatic carbocycles. The van der Waals surface area contributed by atoms with E-state index in [9.17, 15) is 18.0 Å². The van der Waals surface area contributed by atoms with E-state index in [2.05, 4.69) is 46.9 Å². The predicted molar refractivity (Wildman–Crippen MR) is 89.9 cm³/mol. The van der Waals surface area contributed by atoms with Crippen LogP contribution in [0.25, 0.3) is 0 Å². The fourth-order valence-electron chi connectivity index (χ4n) is 1.70. The molecule has 11 heteroatoms. The molecule has 0 spiro atoms. The summed E-state index contributed by atoms with van der Waals surface area (Å²) < 4.78 is 46.1. The Morgan fingerprint density at radius 3 is 2.33 bits per heavy atom. The van der Waals surface area contributed by atoms with Gasteiger partial charge in [-0.2, -0.15) is 0 Å². The van der Waals surface area contributed by atoms with Gasteiger partial charge in [-0.1, -0.05) is 11.3 Å². The molecule has 0 fully saturated rings. The second-order valence-corrected chi connectivity index (χ2v) is 7.03. The molecule has 0 bridgehead atoms. The number of anilines is 1. The van der Waals surface area contributed by atoms with Crippen molar-refractivity contribution in [1.82, 2.24) is 4.98 Å². The third kappa shape index (κ3) is 4.61. The molecule has 5 nitrogen and oxygen atoms in total. The zero-order valence-electron chi connectivity index (χ0n) is 12.1. The largest absolute Gasteiger partial charge is 0.573 e.